The van der Waals surface area contributed by atoms with Gasteiger partial charge in [0.05, 0.1) is 35.1 Å². The predicted octanol–water partition coefficient (Wildman–Crippen LogP) is 6.08. The number of aliphatic hydroxyl groups excluding tert-OH is 1. The Balaban J connectivity index is 1.27. The molecule has 6 rings (SSSR count). The fraction of sp³-hybridized carbons (Fsp3) is 0.306. The molecule has 4 heterocycles. The van der Waals surface area contributed by atoms with Crippen LogP contribution in [0.2, 0.25) is 10.0 Å². The molecule has 5 aromatic rings. The Bertz CT molecular complexity index is 1930. The van der Waals surface area contributed by atoms with Gasteiger partial charge >= 0.3 is 0 Å². The van der Waals surface area contributed by atoms with Gasteiger partial charge in [0.1, 0.15) is 5.65 Å². The lowest BCUT2D eigenvalue weighted by Crippen LogP contribution is -2.35. The van der Waals surface area contributed by atoms with E-state index in [2.05, 4.69) is 27.8 Å². The molecule has 1 aliphatic heterocycles. The van der Waals surface area contributed by atoms with Crippen molar-refractivity contribution in [3.63, 3.8) is 0 Å². The number of hydrogen-bond donors (Lipinski definition) is 3. The maximum Gasteiger partial charge on any atom is 0.220 e. The summed E-state index contributed by atoms with van der Waals surface area (Å²) in [4.78, 5) is 23.4. The first kappa shape index (κ1) is 32.9. The number of hydrogen-bond acceptors (Lipinski definition) is 7. The van der Waals surface area contributed by atoms with Gasteiger partial charge in [0, 0.05) is 85.1 Å². The Hall–Kier alpha value is -3.99. The van der Waals surface area contributed by atoms with Crippen LogP contribution in [0.5, 0.6) is 5.88 Å². The number of nitrogens with one attached hydrogen (secondary N) is 2. The monoisotopic (exact) mass is 672 g/mol. The molecule has 244 valence electrons. The van der Waals surface area contributed by atoms with Crippen LogP contribution in [0.4, 0.5) is 0 Å². The van der Waals surface area contributed by atoms with E-state index in [1.54, 1.807) is 7.11 Å². The van der Waals surface area contributed by atoms with Crippen molar-refractivity contribution in [2.75, 3.05) is 33.9 Å². The molecule has 9 nitrogen and oxygen atoms in total. The molecule has 0 bridgehead atoms. The minimum Gasteiger partial charge on any atom is -0.481 e. The van der Waals surface area contributed by atoms with Gasteiger partial charge < -0.3 is 25.0 Å². The standard InChI is InChI=1S/C36H38Cl2N6O3/c1-43(16-17-45)20-23-21-44(2)35-25(23)12-14-30(41-35)28-8-4-6-26(33(28)37)27-7-5-9-29(34(27)38)31-13-10-22(36(42-31)47-3)18-39-19-24-11-15-32(46)40-24/h4-10,12-14,21,24,39,45H,11,15-20H2,1-3H3,(H,40,46)/t24-/m0/s1. The molecule has 0 unspecified atom stereocenters. The highest BCUT2D eigenvalue weighted by Gasteiger charge is 2.21. The van der Waals surface area contributed by atoms with Gasteiger partial charge in [-0.15, -0.1) is 0 Å². The molecule has 47 heavy (non-hydrogen) atoms. The molecule has 1 saturated heterocycles. The summed E-state index contributed by atoms with van der Waals surface area (Å²) in [5, 5.41) is 17.8. The van der Waals surface area contributed by atoms with Crippen molar-refractivity contribution in [3.8, 4) is 39.5 Å². The summed E-state index contributed by atoms with van der Waals surface area (Å²) in [7, 11) is 5.58. The number of amides is 1. The second kappa shape index (κ2) is 14.4. The fourth-order valence-corrected chi connectivity index (χ4v) is 6.82. The third-order valence-electron chi connectivity index (χ3n) is 8.59. The smallest absolute Gasteiger partial charge is 0.220 e. The molecular formula is C36H38Cl2N6O3. The van der Waals surface area contributed by atoms with Crippen LogP contribution in [-0.2, 0) is 24.9 Å². The lowest BCUT2D eigenvalue weighted by molar-refractivity contribution is -0.119. The van der Waals surface area contributed by atoms with Crippen LogP contribution in [0.25, 0.3) is 44.7 Å². The zero-order valence-corrected chi connectivity index (χ0v) is 28.2. The number of nitrogens with zero attached hydrogens (tertiary/aromatic N) is 4. The quantitative estimate of drug-likeness (QED) is 0.148. The van der Waals surface area contributed by atoms with Crippen LogP contribution >= 0.6 is 23.2 Å². The number of halogens is 2. The minimum atomic E-state index is 0.103. The number of ether oxygens (including phenoxy) is 1. The van der Waals surface area contributed by atoms with E-state index in [1.165, 1.54) is 0 Å². The molecule has 1 aliphatic rings. The molecule has 2 aromatic carbocycles. The van der Waals surface area contributed by atoms with Crippen LogP contribution in [0.15, 0.2) is 66.9 Å². The highest BCUT2D eigenvalue weighted by Crippen LogP contribution is 2.42. The normalized spacial score (nSPS) is 14.7. The molecule has 3 aromatic heterocycles. The number of aliphatic hydroxyl groups is 1. The number of aromatic nitrogens is 3. The van der Waals surface area contributed by atoms with E-state index in [4.69, 9.17) is 37.9 Å². The van der Waals surface area contributed by atoms with Crippen molar-refractivity contribution in [2.24, 2.45) is 7.05 Å². The first-order chi connectivity index (χ1) is 22.8. The van der Waals surface area contributed by atoms with Crippen LogP contribution in [-0.4, -0.2) is 70.3 Å². The molecule has 1 amide bonds. The van der Waals surface area contributed by atoms with E-state index in [1.807, 2.05) is 73.3 Å². The number of benzene rings is 2. The number of rotatable bonds is 12. The summed E-state index contributed by atoms with van der Waals surface area (Å²) in [5.41, 5.74) is 7.52. The van der Waals surface area contributed by atoms with Gasteiger partial charge in [0.15, 0.2) is 0 Å². The molecule has 3 N–H and O–H groups in total. The highest BCUT2D eigenvalue weighted by molar-refractivity contribution is 6.39. The molecule has 0 radical (unpaired) electrons. The lowest BCUT2D eigenvalue weighted by atomic mass is 9.98. The minimum absolute atomic E-state index is 0.103. The summed E-state index contributed by atoms with van der Waals surface area (Å²) >= 11 is 14.2. The Morgan fingerprint density at radius 3 is 2.28 bits per heavy atom. The van der Waals surface area contributed by atoms with E-state index in [0.717, 1.165) is 56.5 Å². The summed E-state index contributed by atoms with van der Waals surface area (Å²) in [5.74, 6) is 0.615. The fourth-order valence-electron chi connectivity index (χ4n) is 6.17. The molecule has 1 atom stereocenters. The second-order valence-electron chi connectivity index (χ2n) is 11.9. The number of likely N-dealkylation sites (N-methyl/N-ethyl adjacent to an activating group) is 1. The first-order valence-corrected chi connectivity index (χ1v) is 16.4. The van der Waals surface area contributed by atoms with Crippen molar-refractivity contribution >= 4 is 40.1 Å². The van der Waals surface area contributed by atoms with Crippen molar-refractivity contribution in [1.29, 1.82) is 0 Å². The van der Waals surface area contributed by atoms with E-state index in [9.17, 15) is 9.90 Å². The van der Waals surface area contributed by atoms with E-state index in [0.29, 0.717) is 54.2 Å². The van der Waals surface area contributed by atoms with Gasteiger partial charge in [-0.25, -0.2) is 9.97 Å². The summed E-state index contributed by atoms with van der Waals surface area (Å²) < 4.78 is 7.67. The number of carbonyl (C=O) groups excluding carboxylic acids is 1. The van der Waals surface area contributed by atoms with Crippen LogP contribution < -0.4 is 15.4 Å². The highest BCUT2D eigenvalue weighted by atomic mass is 35.5. The molecular weight excluding hydrogens is 635 g/mol. The number of fused-ring (bicyclic) bond motifs is 1. The van der Waals surface area contributed by atoms with Gasteiger partial charge in [-0.2, -0.15) is 0 Å². The molecule has 0 spiro atoms. The Kier molecular flexibility index (Phi) is 10.1. The van der Waals surface area contributed by atoms with Gasteiger partial charge in [0.2, 0.25) is 11.8 Å². The Morgan fingerprint density at radius 2 is 1.64 bits per heavy atom. The van der Waals surface area contributed by atoms with Crippen LogP contribution in [0.1, 0.15) is 24.0 Å². The molecule has 0 aliphatic carbocycles. The number of carbonyl (C=O) groups is 1. The van der Waals surface area contributed by atoms with Gasteiger partial charge in [-0.05, 0) is 37.2 Å². The zero-order valence-electron chi connectivity index (χ0n) is 26.7. The topological polar surface area (TPSA) is 105 Å². The Morgan fingerprint density at radius 1 is 0.979 bits per heavy atom. The van der Waals surface area contributed by atoms with E-state index in [-0.39, 0.29) is 18.6 Å². The van der Waals surface area contributed by atoms with Crippen molar-refractivity contribution < 1.29 is 14.6 Å². The summed E-state index contributed by atoms with van der Waals surface area (Å²) in [6.07, 6.45) is 3.50. The van der Waals surface area contributed by atoms with Gasteiger partial charge in [-0.3, -0.25) is 9.69 Å². The number of aryl methyl sites for hydroxylation is 1. The average molecular weight is 674 g/mol. The summed E-state index contributed by atoms with van der Waals surface area (Å²) in [6.45, 7) is 2.67. The van der Waals surface area contributed by atoms with E-state index < -0.39 is 0 Å². The van der Waals surface area contributed by atoms with E-state index >= 15 is 0 Å². The molecule has 11 heteroatoms. The SMILES string of the molecule is COc1nc(-c2cccc(-c3cccc(-c4ccc5c(CN(C)CCO)cn(C)c5n4)c3Cl)c2Cl)ccc1CNC[C@@H]1CCC(=O)N1. The van der Waals surface area contributed by atoms with Crippen molar-refractivity contribution in [2.45, 2.75) is 32.0 Å². The van der Waals surface area contributed by atoms with Crippen LogP contribution in [0.3, 0.4) is 0 Å². The van der Waals surface area contributed by atoms with Gasteiger partial charge in [-0.1, -0.05) is 65.7 Å². The van der Waals surface area contributed by atoms with Crippen molar-refractivity contribution in [1.82, 2.24) is 30.1 Å². The maximum absolute atomic E-state index is 11.5. The largest absolute Gasteiger partial charge is 0.481 e. The molecule has 0 saturated carbocycles. The van der Waals surface area contributed by atoms with Crippen molar-refractivity contribution in [3.05, 3.63) is 88.0 Å². The Labute approximate surface area is 284 Å². The average Bonchev–Trinajstić information content (AvgIpc) is 3.62. The lowest BCUT2D eigenvalue weighted by Gasteiger charge is -2.16. The number of pyridine rings is 2. The first-order valence-electron chi connectivity index (χ1n) is 15.6. The number of methoxy groups -OCH3 is 1. The van der Waals surface area contributed by atoms with Crippen LogP contribution in [0, 0.1) is 0 Å². The maximum atomic E-state index is 11.5. The third kappa shape index (κ3) is 7.00. The zero-order chi connectivity index (χ0) is 33.1. The molecule has 1 fully saturated rings. The summed E-state index contributed by atoms with van der Waals surface area (Å²) in [6, 6.07) is 19.9. The third-order valence-corrected chi connectivity index (χ3v) is 9.40. The second-order valence-corrected chi connectivity index (χ2v) is 12.7. The van der Waals surface area contributed by atoms with Gasteiger partial charge in [0.25, 0.3) is 0 Å². The predicted molar refractivity (Wildman–Crippen MR) is 188 cm³/mol.